The molecular weight excluding hydrogens is 235 g/mol. The van der Waals surface area contributed by atoms with Crippen molar-refractivity contribution in [3.63, 3.8) is 0 Å². The van der Waals surface area contributed by atoms with Crippen molar-refractivity contribution in [2.45, 2.75) is 18.4 Å². The highest BCUT2D eigenvalue weighted by atomic mass is 35.5. The van der Waals surface area contributed by atoms with Gasteiger partial charge >= 0.3 is 0 Å². The van der Waals surface area contributed by atoms with Gasteiger partial charge in [-0.3, -0.25) is 0 Å². The van der Waals surface area contributed by atoms with Crippen LogP contribution in [0.25, 0.3) is 0 Å². The van der Waals surface area contributed by atoms with E-state index in [2.05, 4.69) is 0 Å². The zero-order valence-electron chi connectivity index (χ0n) is 9.01. The SMILES string of the molecule is COc1c(C2(O)CC2)cc(Cl)c(F)c1OC. The third kappa shape index (κ3) is 1.62. The topological polar surface area (TPSA) is 38.7 Å². The van der Waals surface area contributed by atoms with Crippen molar-refractivity contribution in [1.82, 2.24) is 0 Å². The molecule has 1 aliphatic carbocycles. The molecule has 88 valence electrons. The fourth-order valence-corrected chi connectivity index (χ4v) is 1.90. The van der Waals surface area contributed by atoms with E-state index in [-0.39, 0.29) is 16.5 Å². The van der Waals surface area contributed by atoms with Crippen LogP contribution in [0.4, 0.5) is 4.39 Å². The van der Waals surface area contributed by atoms with Crippen LogP contribution in [0.1, 0.15) is 18.4 Å². The first kappa shape index (κ1) is 11.5. The Labute approximate surface area is 97.7 Å². The fourth-order valence-electron chi connectivity index (χ4n) is 1.70. The number of ether oxygens (including phenoxy) is 2. The average molecular weight is 247 g/mol. The Balaban J connectivity index is 2.64. The third-order valence-corrected chi connectivity index (χ3v) is 3.04. The number of aliphatic hydroxyl groups is 1. The van der Waals surface area contributed by atoms with Crippen LogP contribution in [-0.4, -0.2) is 19.3 Å². The maximum atomic E-state index is 13.6. The summed E-state index contributed by atoms with van der Waals surface area (Å²) in [7, 11) is 2.73. The lowest BCUT2D eigenvalue weighted by atomic mass is 10.1. The number of halogens is 2. The molecule has 0 aromatic heterocycles. The molecule has 1 N–H and O–H groups in total. The molecule has 0 radical (unpaired) electrons. The zero-order chi connectivity index (χ0) is 11.9. The van der Waals surface area contributed by atoms with Crippen molar-refractivity contribution in [3.8, 4) is 11.5 Å². The van der Waals surface area contributed by atoms with Crippen molar-refractivity contribution in [2.24, 2.45) is 0 Å². The molecule has 3 nitrogen and oxygen atoms in total. The van der Waals surface area contributed by atoms with Gasteiger partial charge in [-0.25, -0.2) is 4.39 Å². The lowest BCUT2D eigenvalue weighted by Crippen LogP contribution is -2.09. The lowest BCUT2D eigenvalue weighted by Gasteiger charge is -2.17. The Morgan fingerprint density at radius 3 is 2.31 bits per heavy atom. The van der Waals surface area contributed by atoms with Gasteiger partial charge in [0.1, 0.15) is 0 Å². The Morgan fingerprint density at radius 2 is 1.88 bits per heavy atom. The molecule has 0 amide bonds. The molecule has 16 heavy (non-hydrogen) atoms. The summed E-state index contributed by atoms with van der Waals surface area (Å²) in [5.74, 6) is -0.524. The van der Waals surface area contributed by atoms with E-state index in [1.165, 1.54) is 20.3 Å². The number of hydrogen-bond acceptors (Lipinski definition) is 3. The van der Waals surface area contributed by atoms with Crippen LogP contribution >= 0.6 is 11.6 Å². The van der Waals surface area contributed by atoms with Gasteiger partial charge in [0, 0.05) is 5.56 Å². The summed E-state index contributed by atoms with van der Waals surface area (Å²) in [6, 6.07) is 1.39. The van der Waals surface area contributed by atoms with Gasteiger partial charge in [-0.1, -0.05) is 11.6 Å². The molecule has 1 aromatic carbocycles. The Hall–Kier alpha value is -1.00. The molecule has 1 aliphatic rings. The van der Waals surface area contributed by atoms with Gasteiger partial charge < -0.3 is 14.6 Å². The highest BCUT2D eigenvalue weighted by molar-refractivity contribution is 6.31. The molecule has 0 bridgehead atoms. The molecule has 0 unspecified atom stereocenters. The van der Waals surface area contributed by atoms with E-state index in [1.54, 1.807) is 0 Å². The summed E-state index contributed by atoms with van der Waals surface area (Å²) in [5.41, 5.74) is -0.464. The first-order valence-corrected chi connectivity index (χ1v) is 5.24. The quantitative estimate of drug-likeness (QED) is 0.891. The maximum absolute atomic E-state index is 13.6. The van der Waals surface area contributed by atoms with E-state index < -0.39 is 11.4 Å². The highest BCUT2D eigenvalue weighted by Crippen LogP contribution is 2.52. The Bertz CT molecular complexity index is 430. The predicted molar refractivity (Wildman–Crippen MR) is 57.6 cm³/mol. The standard InChI is InChI=1S/C11H12ClFO3/c1-15-9-6(11(14)3-4-11)5-7(12)8(13)10(9)16-2/h5,14H,3-4H2,1-2H3. The van der Waals surface area contributed by atoms with E-state index >= 15 is 0 Å². The van der Waals surface area contributed by atoms with Crippen LogP contribution in [0.5, 0.6) is 11.5 Å². The lowest BCUT2D eigenvalue weighted by molar-refractivity contribution is 0.146. The largest absolute Gasteiger partial charge is 0.492 e. The Kier molecular flexibility index (Phi) is 2.72. The van der Waals surface area contributed by atoms with Crippen LogP contribution in [0.3, 0.4) is 0 Å². The predicted octanol–water partition coefficient (Wildman–Crippen LogP) is 2.48. The molecule has 0 aliphatic heterocycles. The summed E-state index contributed by atoms with van der Waals surface area (Å²) >= 11 is 5.74. The van der Waals surface area contributed by atoms with Gasteiger partial charge in [-0.05, 0) is 18.9 Å². The minimum Gasteiger partial charge on any atom is -0.492 e. The number of rotatable bonds is 3. The van der Waals surface area contributed by atoms with Gasteiger partial charge in [-0.2, -0.15) is 0 Å². The molecule has 1 aromatic rings. The molecule has 0 spiro atoms. The van der Waals surface area contributed by atoms with Crippen molar-refractivity contribution < 1.29 is 19.0 Å². The van der Waals surface area contributed by atoms with E-state index in [4.69, 9.17) is 21.1 Å². The number of benzene rings is 1. The van der Waals surface area contributed by atoms with E-state index in [1.807, 2.05) is 0 Å². The van der Waals surface area contributed by atoms with Crippen LogP contribution < -0.4 is 9.47 Å². The smallest absolute Gasteiger partial charge is 0.198 e. The second kappa shape index (κ2) is 3.79. The normalized spacial score (nSPS) is 17.1. The summed E-state index contributed by atoms with van der Waals surface area (Å²) in [5, 5.41) is 9.95. The fraction of sp³-hybridized carbons (Fsp3) is 0.455. The first-order valence-electron chi connectivity index (χ1n) is 4.86. The molecule has 1 saturated carbocycles. The van der Waals surface area contributed by atoms with Crippen molar-refractivity contribution >= 4 is 11.6 Å². The third-order valence-electron chi connectivity index (χ3n) is 2.76. The zero-order valence-corrected chi connectivity index (χ0v) is 9.77. The van der Waals surface area contributed by atoms with E-state index in [0.717, 1.165) is 0 Å². The average Bonchev–Trinajstić information content (AvgIpc) is 3.00. The summed E-state index contributed by atoms with van der Waals surface area (Å²) in [4.78, 5) is 0. The second-order valence-electron chi connectivity index (χ2n) is 3.82. The van der Waals surface area contributed by atoms with E-state index in [0.29, 0.717) is 18.4 Å². The van der Waals surface area contributed by atoms with E-state index in [9.17, 15) is 9.50 Å². The van der Waals surface area contributed by atoms with Crippen molar-refractivity contribution in [1.29, 1.82) is 0 Å². The van der Waals surface area contributed by atoms with Crippen LogP contribution in [0.2, 0.25) is 5.02 Å². The second-order valence-corrected chi connectivity index (χ2v) is 4.23. The van der Waals surface area contributed by atoms with Gasteiger partial charge in [0.05, 0.1) is 24.8 Å². The highest BCUT2D eigenvalue weighted by Gasteiger charge is 2.45. The van der Waals surface area contributed by atoms with Crippen LogP contribution in [0.15, 0.2) is 6.07 Å². The maximum Gasteiger partial charge on any atom is 0.198 e. The van der Waals surface area contributed by atoms with Gasteiger partial charge in [0.2, 0.25) is 0 Å². The molecular formula is C11H12ClFO3. The monoisotopic (exact) mass is 246 g/mol. The number of hydrogen-bond donors (Lipinski definition) is 1. The molecule has 2 rings (SSSR count). The molecule has 0 saturated heterocycles. The Morgan fingerprint density at radius 1 is 1.31 bits per heavy atom. The summed E-state index contributed by atoms with van der Waals surface area (Å²) in [6.45, 7) is 0. The first-order chi connectivity index (χ1) is 7.53. The number of methoxy groups -OCH3 is 2. The minimum absolute atomic E-state index is 0.0645. The van der Waals surface area contributed by atoms with Gasteiger partial charge in [0.15, 0.2) is 17.3 Å². The van der Waals surface area contributed by atoms with Gasteiger partial charge in [-0.15, -0.1) is 0 Å². The molecule has 5 heteroatoms. The molecule has 1 fully saturated rings. The minimum atomic E-state index is -0.948. The van der Waals surface area contributed by atoms with Crippen LogP contribution in [0, 0.1) is 5.82 Å². The summed E-state index contributed by atoms with van der Waals surface area (Å²) < 4.78 is 23.6. The summed E-state index contributed by atoms with van der Waals surface area (Å²) in [6.07, 6.45) is 1.24. The van der Waals surface area contributed by atoms with Crippen molar-refractivity contribution in [3.05, 3.63) is 22.5 Å². The van der Waals surface area contributed by atoms with Crippen LogP contribution in [-0.2, 0) is 5.60 Å². The van der Waals surface area contributed by atoms with Crippen molar-refractivity contribution in [2.75, 3.05) is 14.2 Å². The molecule has 0 atom stereocenters. The van der Waals surface area contributed by atoms with Gasteiger partial charge in [0.25, 0.3) is 0 Å². The molecule has 0 heterocycles.